The Balaban J connectivity index is 1.75. The summed E-state index contributed by atoms with van der Waals surface area (Å²) in [6, 6.07) is 4.35. The second kappa shape index (κ2) is 7.50. The predicted molar refractivity (Wildman–Crippen MR) is 87.7 cm³/mol. The maximum absolute atomic E-state index is 5.90. The highest BCUT2D eigenvalue weighted by molar-refractivity contribution is 5.53. The highest BCUT2D eigenvalue weighted by Gasteiger charge is 2.22. The molecule has 1 fully saturated rings. The molecule has 5 heteroatoms. The summed E-state index contributed by atoms with van der Waals surface area (Å²) in [6.45, 7) is 7.12. The summed E-state index contributed by atoms with van der Waals surface area (Å²) in [7, 11) is 2.15. The molecule has 21 heavy (non-hydrogen) atoms. The van der Waals surface area contributed by atoms with Crippen LogP contribution in [0.3, 0.4) is 0 Å². The van der Waals surface area contributed by atoms with Gasteiger partial charge in [0.05, 0.1) is 12.3 Å². The zero-order valence-electron chi connectivity index (χ0n) is 13.4. The number of nitrogens with zero attached hydrogens (tertiary/aromatic N) is 2. The second-order valence-electron chi connectivity index (χ2n) is 6.20. The van der Waals surface area contributed by atoms with E-state index in [4.69, 9.17) is 10.5 Å². The van der Waals surface area contributed by atoms with Crippen LogP contribution in [0.15, 0.2) is 12.1 Å². The van der Waals surface area contributed by atoms with Crippen molar-refractivity contribution in [2.24, 2.45) is 5.92 Å². The molecule has 2 rings (SSSR count). The molecule has 3 N–H and O–H groups in total. The summed E-state index contributed by atoms with van der Waals surface area (Å²) in [5, 5.41) is 3.34. The first-order valence-electron chi connectivity index (χ1n) is 7.89. The van der Waals surface area contributed by atoms with Gasteiger partial charge in [0.15, 0.2) is 0 Å². The molecule has 1 aliphatic rings. The lowest BCUT2D eigenvalue weighted by atomic mass is 10.3. The molecule has 0 radical (unpaired) electrons. The average molecular weight is 292 g/mol. The van der Waals surface area contributed by atoms with E-state index in [0.717, 1.165) is 31.9 Å². The van der Waals surface area contributed by atoms with Gasteiger partial charge in [0, 0.05) is 12.6 Å². The number of rotatable bonds is 9. The van der Waals surface area contributed by atoms with Crippen molar-refractivity contribution in [2.75, 3.05) is 37.8 Å². The van der Waals surface area contributed by atoms with Crippen LogP contribution >= 0.6 is 0 Å². The molecule has 1 saturated carbocycles. The van der Waals surface area contributed by atoms with Crippen LogP contribution in [-0.2, 0) is 0 Å². The Morgan fingerprint density at radius 3 is 2.86 bits per heavy atom. The quantitative estimate of drug-likeness (QED) is 0.685. The smallest absolute Gasteiger partial charge is 0.239 e. The van der Waals surface area contributed by atoms with Gasteiger partial charge in [0.1, 0.15) is 5.82 Å². The maximum atomic E-state index is 5.90. The molecule has 118 valence electrons. The van der Waals surface area contributed by atoms with Crippen molar-refractivity contribution in [3.8, 4) is 5.88 Å². The van der Waals surface area contributed by atoms with Crippen molar-refractivity contribution in [3.05, 3.63) is 12.1 Å². The number of anilines is 2. The summed E-state index contributed by atoms with van der Waals surface area (Å²) >= 11 is 0. The summed E-state index contributed by atoms with van der Waals surface area (Å²) in [5.41, 5.74) is 6.51. The maximum Gasteiger partial charge on any atom is 0.239 e. The van der Waals surface area contributed by atoms with Crippen LogP contribution in [0.4, 0.5) is 11.5 Å². The molecule has 0 amide bonds. The Morgan fingerprint density at radius 1 is 1.43 bits per heavy atom. The predicted octanol–water partition coefficient (Wildman–Crippen LogP) is 2.59. The normalized spacial score (nSPS) is 14.7. The van der Waals surface area contributed by atoms with Crippen molar-refractivity contribution in [1.82, 2.24) is 9.88 Å². The van der Waals surface area contributed by atoms with E-state index >= 15 is 0 Å². The zero-order valence-corrected chi connectivity index (χ0v) is 13.4. The molecule has 1 aromatic rings. The minimum Gasteiger partial charge on any atom is -0.476 e. The van der Waals surface area contributed by atoms with E-state index in [1.807, 2.05) is 12.1 Å². The highest BCUT2D eigenvalue weighted by Crippen LogP contribution is 2.30. The molecule has 0 atom stereocenters. The average Bonchev–Trinajstić information content (AvgIpc) is 3.27. The Hall–Kier alpha value is -1.49. The number of hydrogen-bond acceptors (Lipinski definition) is 5. The van der Waals surface area contributed by atoms with Gasteiger partial charge < -0.3 is 20.7 Å². The first-order chi connectivity index (χ1) is 10.1. The van der Waals surface area contributed by atoms with Crippen LogP contribution in [0.25, 0.3) is 0 Å². The molecular formula is C16H28N4O. The Morgan fingerprint density at radius 2 is 2.19 bits per heavy atom. The molecule has 1 aromatic heterocycles. The largest absolute Gasteiger partial charge is 0.476 e. The van der Waals surface area contributed by atoms with Gasteiger partial charge in [-0.05, 0) is 64.8 Å². The fourth-order valence-corrected chi connectivity index (χ4v) is 1.95. The van der Waals surface area contributed by atoms with Crippen molar-refractivity contribution in [2.45, 2.75) is 39.2 Å². The molecule has 0 saturated heterocycles. The van der Waals surface area contributed by atoms with E-state index in [1.165, 1.54) is 12.8 Å². The number of aromatic nitrogens is 1. The molecular weight excluding hydrogens is 264 g/mol. The van der Waals surface area contributed by atoms with Crippen LogP contribution in [0, 0.1) is 5.92 Å². The molecule has 0 unspecified atom stereocenters. The van der Waals surface area contributed by atoms with Gasteiger partial charge in [-0.3, -0.25) is 0 Å². The number of nitrogens with one attached hydrogen (secondary N) is 1. The van der Waals surface area contributed by atoms with E-state index in [9.17, 15) is 0 Å². The third-order valence-corrected chi connectivity index (χ3v) is 3.92. The van der Waals surface area contributed by atoms with Gasteiger partial charge in [-0.25, -0.2) is 0 Å². The van der Waals surface area contributed by atoms with Crippen molar-refractivity contribution < 1.29 is 4.74 Å². The standard InChI is InChI=1S/C16H28N4O/c1-12(2)20(3)10-4-9-18-15-8-7-14(17)16(19-15)21-11-13-5-6-13/h7-8,12-13H,4-6,9-11,17H2,1-3H3,(H,18,19). The number of nitrogen functional groups attached to an aromatic ring is 1. The van der Waals surface area contributed by atoms with Gasteiger partial charge in [-0.15, -0.1) is 0 Å². The lowest BCUT2D eigenvalue weighted by Crippen LogP contribution is -2.28. The van der Waals surface area contributed by atoms with E-state index in [1.54, 1.807) is 0 Å². The lowest BCUT2D eigenvalue weighted by Gasteiger charge is -2.20. The zero-order chi connectivity index (χ0) is 15.2. The van der Waals surface area contributed by atoms with Crippen LogP contribution in [0.5, 0.6) is 5.88 Å². The fraction of sp³-hybridized carbons (Fsp3) is 0.688. The SMILES string of the molecule is CC(C)N(C)CCCNc1ccc(N)c(OCC2CC2)n1. The molecule has 0 aromatic carbocycles. The summed E-state index contributed by atoms with van der Waals surface area (Å²) < 4.78 is 5.69. The number of hydrogen-bond donors (Lipinski definition) is 2. The van der Waals surface area contributed by atoms with Crippen molar-refractivity contribution in [3.63, 3.8) is 0 Å². The first kappa shape index (κ1) is 15.9. The second-order valence-corrected chi connectivity index (χ2v) is 6.20. The summed E-state index contributed by atoms with van der Waals surface area (Å²) in [6.07, 6.45) is 3.61. The van der Waals surface area contributed by atoms with Gasteiger partial charge in [0.2, 0.25) is 5.88 Å². The van der Waals surface area contributed by atoms with Crippen molar-refractivity contribution >= 4 is 11.5 Å². The monoisotopic (exact) mass is 292 g/mol. The van der Waals surface area contributed by atoms with Crippen molar-refractivity contribution in [1.29, 1.82) is 0 Å². The Labute approximate surface area is 127 Å². The molecule has 0 aliphatic heterocycles. The molecule has 1 aliphatic carbocycles. The minimum absolute atomic E-state index is 0.561. The van der Waals surface area contributed by atoms with Crippen LogP contribution in [0.2, 0.25) is 0 Å². The Kier molecular flexibility index (Phi) is 5.67. The van der Waals surface area contributed by atoms with Gasteiger partial charge in [-0.1, -0.05) is 0 Å². The number of ether oxygens (including phenoxy) is 1. The first-order valence-corrected chi connectivity index (χ1v) is 7.89. The van der Waals surface area contributed by atoms with Crippen LogP contribution in [-0.4, -0.2) is 42.7 Å². The summed E-state index contributed by atoms with van der Waals surface area (Å²) in [4.78, 5) is 6.79. The highest BCUT2D eigenvalue weighted by atomic mass is 16.5. The minimum atomic E-state index is 0.561. The van der Waals surface area contributed by atoms with Gasteiger partial charge in [-0.2, -0.15) is 4.98 Å². The number of nitrogens with two attached hydrogens (primary N) is 1. The molecule has 0 bridgehead atoms. The Bertz CT molecular complexity index is 446. The molecule has 5 nitrogen and oxygen atoms in total. The van der Waals surface area contributed by atoms with E-state index in [-0.39, 0.29) is 0 Å². The number of pyridine rings is 1. The van der Waals surface area contributed by atoms with E-state index < -0.39 is 0 Å². The topological polar surface area (TPSA) is 63.4 Å². The third-order valence-electron chi connectivity index (χ3n) is 3.92. The summed E-state index contributed by atoms with van der Waals surface area (Å²) in [5.74, 6) is 2.10. The molecule has 1 heterocycles. The molecule has 0 spiro atoms. The lowest BCUT2D eigenvalue weighted by molar-refractivity contribution is 0.273. The van der Waals surface area contributed by atoms with Gasteiger partial charge in [0.25, 0.3) is 0 Å². The van der Waals surface area contributed by atoms with E-state index in [2.05, 4.69) is 36.1 Å². The third kappa shape index (κ3) is 5.42. The van der Waals surface area contributed by atoms with Crippen LogP contribution < -0.4 is 15.8 Å². The van der Waals surface area contributed by atoms with Crippen LogP contribution in [0.1, 0.15) is 33.1 Å². The fourth-order valence-electron chi connectivity index (χ4n) is 1.95. The van der Waals surface area contributed by atoms with Gasteiger partial charge >= 0.3 is 0 Å². The van der Waals surface area contributed by atoms with E-state index in [0.29, 0.717) is 23.5 Å².